The predicted octanol–water partition coefficient (Wildman–Crippen LogP) is 8.56. The quantitative estimate of drug-likeness (QED) is 0.0410. The Morgan fingerprint density at radius 3 is 2.68 bits per heavy atom. The molecule has 2 fully saturated rings. The van der Waals surface area contributed by atoms with Crippen molar-refractivity contribution in [1.29, 1.82) is 0 Å². The van der Waals surface area contributed by atoms with Crippen LogP contribution < -0.4 is 0 Å². The molecule has 41 heavy (non-hydrogen) atoms. The molecule has 0 amide bonds. The Morgan fingerprint density at radius 2 is 2.02 bits per heavy atom. The molecule has 226 valence electrons. The minimum Gasteiger partial charge on any atom is -0.496 e. The van der Waals surface area contributed by atoms with Crippen LogP contribution >= 0.6 is 54.7 Å². The second kappa shape index (κ2) is 15.8. The number of methoxy groups -OCH3 is 1. The standard InChI is InChI=1S/C32H46I2N3O3P/c1-21(2)23(19-27(40-3)25-13-8-17-37(34)31(25)33)9-4-5-14-28(41)24-15-18-36(20-24)30(32(38)39)26-12-7-16-35-29(26)22-10-6-11-22/h7,12,16,19,22,24,28,30H,4-6,8-11,13-15,17-18,20,41H2,1-3H3,(H,38,39)/b27-19+/t24-,28?,30?/m1/s1. The zero-order valence-electron chi connectivity index (χ0n) is 24.7. The number of carbonyl (C=O) groups is 1. The number of pyridine rings is 1. The Morgan fingerprint density at radius 1 is 1.24 bits per heavy atom. The number of aliphatic carboxylic acids is 1. The summed E-state index contributed by atoms with van der Waals surface area (Å²) in [5.74, 6) is 1.18. The molecule has 0 spiro atoms. The van der Waals surface area contributed by atoms with Gasteiger partial charge in [-0.05, 0) is 124 Å². The van der Waals surface area contributed by atoms with Gasteiger partial charge in [0.25, 0.3) is 0 Å². The highest BCUT2D eigenvalue weighted by atomic mass is 127. The SMILES string of the molecule is CO/C(=C/C(CCCCC(P)[C@@H]1CCN(C(C(=O)O)c2cccnc2C2CCC2)C1)=C(C)C)C1=C(I)N(I)CCC1. The van der Waals surface area contributed by atoms with Crippen molar-refractivity contribution in [3.8, 4) is 0 Å². The summed E-state index contributed by atoms with van der Waals surface area (Å²) in [6.07, 6.45) is 15.3. The summed E-state index contributed by atoms with van der Waals surface area (Å²) in [6, 6.07) is 3.31. The third kappa shape index (κ3) is 8.48. The van der Waals surface area contributed by atoms with E-state index in [0.717, 1.165) is 94.4 Å². The molecule has 3 aliphatic rings. The van der Waals surface area contributed by atoms with Crippen LogP contribution in [-0.2, 0) is 9.53 Å². The Bertz CT molecular complexity index is 1160. The number of likely N-dealkylation sites (tertiary alicyclic amines) is 1. The zero-order valence-corrected chi connectivity index (χ0v) is 30.2. The molecule has 2 aliphatic heterocycles. The highest BCUT2D eigenvalue weighted by molar-refractivity contribution is 14.1. The van der Waals surface area contributed by atoms with Crippen LogP contribution in [0, 0.1) is 5.92 Å². The van der Waals surface area contributed by atoms with Crippen LogP contribution in [0.4, 0.5) is 0 Å². The van der Waals surface area contributed by atoms with Crippen molar-refractivity contribution in [3.05, 3.63) is 61.8 Å². The first-order valence-corrected chi connectivity index (χ1v) is 17.8. The summed E-state index contributed by atoms with van der Waals surface area (Å²) in [5, 5.41) is 10.3. The van der Waals surface area contributed by atoms with Crippen molar-refractivity contribution in [2.75, 3.05) is 26.7 Å². The van der Waals surface area contributed by atoms with Crippen molar-refractivity contribution in [2.24, 2.45) is 5.92 Å². The van der Waals surface area contributed by atoms with Crippen LogP contribution in [0.5, 0.6) is 0 Å². The molecule has 1 aliphatic carbocycles. The van der Waals surface area contributed by atoms with Crippen LogP contribution in [0.25, 0.3) is 0 Å². The lowest BCUT2D eigenvalue weighted by Gasteiger charge is -2.31. The number of allylic oxidation sites excluding steroid dienone is 4. The Labute approximate surface area is 276 Å². The Kier molecular flexibility index (Phi) is 12.8. The molecule has 1 saturated heterocycles. The molecule has 6 nitrogen and oxygen atoms in total. The van der Waals surface area contributed by atoms with Crippen LogP contribution in [0.3, 0.4) is 0 Å². The third-order valence-electron chi connectivity index (χ3n) is 9.06. The molecule has 1 N–H and O–H groups in total. The summed E-state index contributed by atoms with van der Waals surface area (Å²) >= 11 is 4.85. The fourth-order valence-corrected chi connectivity index (χ4v) is 8.32. The molecule has 3 unspecified atom stereocenters. The number of nitrogens with zero attached hydrogens (tertiary/aromatic N) is 3. The summed E-state index contributed by atoms with van der Waals surface area (Å²) < 4.78 is 9.46. The number of unbranched alkanes of at least 4 members (excludes halogenated alkanes) is 1. The van der Waals surface area contributed by atoms with E-state index in [1.165, 1.54) is 26.8 Å². The minimum atomic E-state index is -0.748. The van der Waals surface area contributed by atoms with Crippen LogP contribution in [-0.4, -0.2) is 56.5 Å². The smallest absolute Gasteiger partial charge is 0.325 e. The molecule has 4 atom stereocenters. The van der Waals surface area contributed by atoms with Gasteiger partial charge in [0.2, 0.25) is 0 Å². The molecular weight excluding hydrogens is 759 g/mol. The van der Waals surface area contributed by atoms with Crippen molar-refractivity contribution in [2.45, 2.75) is 95.7 Å². The summed E-state index contributed by atoms with van der Waals surface area (Å²) in [6.45, 7) is 7.16. The molecule has 0 radical (unpaired) electrons. The first-order valence-electron chi connectivity index (χ1n) is 15.1. The van der Waals surface area contributed by atoms with E-state index in [1.807, 2.05) is 18.3 Å². The average molecular weight is 806 g/mol. The molecule has 1 aromatic rings. The molecule has 9 heteroatoms. The van der Waals surface area contributed by atoms with E-state index in [0.29, 0.717) is 17.5 Å². The van der Waals surface area contributed by atoms with Gasteiger partial charge in [-0.2, -0.15) is 0 Å². The Balaban J connectivity index is 1.32. The molecular formula is C32H46I2N3O3P. The van der Waals surface area contributed by atoms with E-state index in [2.05, 4.69) is 87.6 Å². The molecule has 1 aromatic heterocycles. The van der Waals surface area contributed by atoms with Gasteiger partial charge in [-0.1, -0.05) is 24.5 Å². The number of carboxylic acid groups (broad SMARTS) is 1. The van der Waals surface area contributed by atoms with Crippen molar-refractivity contribution < 1.29 is 14.6 Å². The van der Waals surface area contributed by atoms with Gasteiger partial charge in [-0.3, -0.25) is 14.7 Å². The average Bonchev–Trinajstić information content (AvgIpc) is 3.39. The summed E-state index contributed by atoms with van der Waals surface area (Å²) in [5.41, 5.74) is 6.46. The van der Waals surface area contributed by atoms with E-state index in [-0.39, 0.29) is 0 Å². The van der Waals surface area contributed by atoms with Gasteiger partial charge >= 0.3 is 5.97 Å². The number of ether oxygens (including phenoxy) is 1. The second-order valence-corrected chi connectivity index (χ2v) is 15.0. The lowest BCUT2D eigenvalue weighted by atomic mass is 9.80. The van der Waals surface area contributed by atoms with E-state index < -0.39 is 12.0 Å². The molecule has 1 saturated carbocycles. The Hall–Kier alpha value is -0.710. The first kappa shape index (κ1) is 33.2. The van der Waals surface area contributed by atoms with Crippen molar-refractivity contribution in [1.82, 2.24) is 13.0 Å². The van der Waals surface area contributed by atoms with Gasteiger partial charge < -0.3 is 13.0 Å². The highest BCUT2D eigenvalue weighted by Gasteiger charge is 2.38. The lowest BCUT2D eigenvalue weighted by molar-refractivity contribution is -0.143. The van der Waals surface area contributed by atoms with Gasteiger partial charge in [0.1, 0.15) is 11.8 Å². The largest absolute Gasteiger partial charge is 0.496 e. The maximum Gasteiger partial charge on any atom is 0.325 e. The fraction of sp³-hybridized carbons (Fsp3) is 0.625. The summed E-state index contributed by atoms with van der Waals surface area (Å²) in [7, 11) is 4.88. The van der Waals surface area contributed by atoms with Crippen molar-refractivity contribution in [3.63, 3.8) is 0 Å². The molecule has 3 heterocycles. The number of carboxylic acids is 1. The maximum atomic E-state index is 12.5. The summed E-state index contributed by atoms with van der Waals surface area (Å²) in [4.78, 5) is 19.4. The van der Waals surface area contributed by atoms with E-state index in [1.54, 1.807) is 7.11 Å². The number of aromatic nitrogens is 1. The second-order valence-electron chi connectivity index (χ2n) is 12.0. The molecule has 4 rings (SSSR count). The van der Waals surface area contributed by atoms with E-state index >= 15 is 0 Å². The number of hydrogen-bond donors (Lipinski definition) is 1. The monoisotopic (exact) mass is 805 g/mol. The normalized spacial score (nSPS) is 22.0. The van der Waals surface area contributed by atoms with Gasteiger partial charge in [-0.25, -0.2) is 0 Å². The molecule has 0 aromatic carbocycles. The van der Waals surface area contributed by atoms with Gasteiger partial charge in [0.05, 0.1) is 33.7 Å². The number of rotatable bonds is 13. The van der Waals surface area contributed by atoms with Gasteiger partial charge in [0, 0.05) is 42.0 Å². The van der Waals surface area contributed by atoms with Gasteiger partial charge in [0.15, 0.2) is 0 Å². The predicted molar refractivity (Wildman–Crippen MR) is 187 cm³/mol. The van der Waals surface area contributed by atoms with Crippen LogP contribution in [0.15, 0.2) is 50.6 Å². The fourth-order valence-electron chi connectivity index (χ4n) is 6.36. The highest BCUT2D eigenvalue weighted by Crippen LogP contribution is 2.41. The van der Waals surface area contributed by atoms with E-state index in [9.17, 15) is 9.90 Å². The minimum absolute atomic E-state index is 0.422. The zero-order chi connectivity index (χ0) is 29.5. The number of halogens is 2. The van der Waals surface area contributed by atoms with Crippen molar-refractivity contribution >= 4 is 60.7 Å². The number of hydrogen-bond acceptors (Lipinski definition) is 5. The van der Waals surface area contributed by atoms with Gasteiger partial charge in [-0.15, -0.1) is 9.24 Å². The topological polar surface area (TPSA) is 65.9 Å². The first-order chi connectivity index (χ1) is 19.7. The maximum absolute atomic E-state index is 12.5. The molecule has 0 bridgehead atoms. The van der Waals surface area contributed by atoms with Crippen LogP contribution in [0.1, 0.15) is 101 Å². The van der Waals surface area contributed by atoms with E-state index in [4.69, 9.17) is 4.74 Å². The third-order valence-corrected chi connectivity index (χ3v) is 13.1. The lowest BCUT2D eigenvalue weighted by Crippen LogP contribution is -2.34. The van der Waals surface area contributed by atoms with Crippen LogP contribution in [0.2, 0.25) is 0 Å².